The Morgan fingerprint density at radius 3 is 2.73 bits per heavy atom. The molecule has 0 aromatic heterocycles. The van der Waals surface area contributed by atoms with Gasteiger partial charge in [0.2, 0.25) is 5.91 Å². The number of anilines is 1. The van der Waals surface area contributed by atoms with Gasteiger partial charge in [-0.25, -0.2) is 0 Å². The van der Waals surface area contributed by atoms with Crippen LogP contribution in [0.3, 0.4) is 0 Å². The molecule has 5 nitrogen and oxygen atoms in total. The van der Waals surface area contributed by atoms with E-state index in [2.05, 4.69) is 19.2 Å². The second kappa shape index (κ2) is 6.92. The number of nitrogens with zero attached hydrogens (tertiary/aromatic N) is 1. The molecule has 0 spiro atoms. The van der Waals surface area contributed by atoms with Crippen LogP contribution in [-0.2, 0) is 11.2 Å². The number of carbonyl (C=O) groups excluding carboxylic acids is 2. The number of carbonyl (C=O) groups is 2. The number of nitrogens with one attached hydrogen (secondary N) is 1. The average molecular weight is 304 g/mol. The topological polar surface area (TPSA) is 69.6 Å². The van der Waals surface area contributed by atoms with Crippen LogP contribution in [0.5, 0.6) is 0 Å². The summed E-state index contributed by atoms with van der Waals surface area (Å²) in [5.74, 6) is 0.200. The van der Waals surface area contributed by atoms with Gasteiger partial charge in [0.25, 0.3) is 5.91 Å². The molecule has 1 aromatic rings. The number of aliphatic hydroxyl groups is 1. The van der Waals surface area contributed by atoms with Gasteiger partial charge >= 0.3 is 0 Å². The Hall–Kier alpha value is -1.88. The largest absolute Gasteiger partial charge is 0.395 e. The highest BCUT2D eigenvalue weighted by atomic mass is 16.3. The van der Waals surface area contributed by atoms with E-state index in [1.165, 1.54) is 0 Å². The summed E-state index contributed by atoms with van der Waals surface area (Å²) in [6, 6.07) is 5.67. The van der Waals surface area contributed by atoms with Crippen molar-refractivity contribution in [3.63, 3.8) is 0 Å². The lowest BCUT2D eigenvalue weighted by Crippen LogP contribution is -2.46. The van der Waals surface area contributed by atoms with E-state index in [4.69, 9.17) is 5.11 Å². The summed E-state index contributed by atoms with van der Waals surface area (Å²) >= 11 is 0. The Kier molecular flexibility index (Phi) is 5.19. The van der Waals surface area contributed by atoms with Crippen molar-refractivity contribution >= 4 is 17.5 Å². The highest BCUT2D eigenvalue weighted by molar-refractivity contribution is 5.97. The molecule has 2 N–H and O–H groups in total. The van der Waals surface area contributed by atoms with Gasteiger partial charge in [-0.05, 0) is 42.5 Å². The van der Waals surface area contributed by atoms with Crippen LogP contribution < -0.4 is 10.2 Å². The van der Waals surface area contributed by atoms with Gasteiger partial charge < -0.3 is 15.3 Å². The molecule has 0 radical (unpaired) electrons. The van der Waals surface area contributed by atoms with E-state index in [1.807, 2.05) is 17.0 Å². The average Bonchev–Trinajstić information content (AvgIpc) is 2.50. The molecule has 2 atom stereocenters. The summed E-state index contributed by atoms with van der Waals surface area (Å²) in [6.45, 7) is 5.99. The van der Waals surface area contributed by atoms with Gasteiger partial charge in [-0.1, -0.05) is 13.8 Å². The summed E-state index contributed by atoms with van der Waals surface area (Å²) in [5.41, 5.74) is 2.51. The van der Waals surface area contributed by atoms with Crippen LogP contribution in [0, 0.1) is 5.92 Å². The summed E-state index contributed by atoms with van der Waals surface area (Å²) in [5, 5.41) is 11.4. The smallest absolute Gasteiger partial charge is 0.251 e. The van der Waals surface area contributed by atoms with Gasteiger partial charge in [-0.2, -0.15) is 0 Å². The number of amides is 2. The highest BCUT2D eigenvalue weighted by Crippen LogP contribution is 2.35. The first-order valence-electron chi connectivity index (χ1n) is 7.81. The van der Waals surface area contributed by atoms with Crippen LogP contribution in [0.1, 0.15) is 43.1 Å². The highest BCUT2D eigenvalue weighted by Gasteiger charge is 2.33. The van der Waals surface area contributed by atoms with Crippen molar-refractivity contribution < 1.29 is 14.7 Å². The maximum absolute atomic E-state index is 12.1. The van der Waals surface area contributed by atoms with E-state index < -0.39 is 0 Å². The van der Waals surface area contributed by atoms with Crippen molar-refractivity contribution in [1.82, 2.24) is 5.32 Å². The predicted octanol–water partition coefficient (Wildman–Crippen LogP) is 1.73. The molecule has 1 heterocycles. The number of rotatable bonds is 4. The van der Waals surface area contributed by atoms with Crippen LogP contribution in [0.4, 0.5) is 5.69 Å². The molecule has 0 bridgehead atoms. The van der Waals surface area contributed by atoms with Crippen LogP contribution in [0.25, 0.3) is 0 Å². The van der Waals surface area contributed by atoms with Crippen molar-refractivity contribution in [3.8, 4) is 0 Å². The van der Waals surface area contributed by atoms with Crippen LogP contribution in [-0.4, -0.2) is 36.1 Å². The summed E-state index contributed by atoms with van der Waals surface area (Å²) in [6.07, 6.45) is 1.78. The molecule has 1 aliphatic rings. The van der Waals surface area contributed by atoms with E-state index in [0.29, 0.717) is 11.5 Å². The fourth-order valence-electron chi connectivity index (χ4n) is 3.30. The monoisotopic (exact) mass is 304 g/mol. The quantitative estimate of drug-likeness (QED) is 0.890. The molecule has 2 amide bonds. The van der Waals surface area contributed by atoms with Crippen molar-refractivity contribution in [1.29, 1.82) is 0 Å². The zero-order chi connectivity index (χ0) is 16.3. The molecular weight excluding hydrogens is 280 g/mol. The van der Waals surface area contributed by atoms with Crippen molar-refractivity contribution in [2.75, 3.05) is 18.1 Å². The lowest BCUT2D eigenvalue weighted by molar-refractivity contribution is -0.117. The fraction of sp³-hybridized carbons (Fsp3) is 0.529. The van der Waals surface area contributed by atoms with Gasteiger partial charge in [0.1, 0.15) is 0 Å². The second-order valence-electron chi connectivity index (χ2n) is 5.87. The first kappa shape index (κ1) is 16.5. The van der Waals surface area contributed by atoms with E-state index in [-0.39, 0.29) is 31.0 Å². The molecule has 0 fully saturated rings. The predicted molar refractivity (Wildman–Crippen MR) is 86.0 cm³/mol. The molecule has 1 aromatic carbocycles. The minimum absolute atomic E-state index is 0.0390. The maximum atomic E-state index is 12.1. The molecular formula is C17H24N2O3. The van der Waals surface area contributed by atoms with Gasteiger partial charge in [-0.15, -0.1) is 0 Å². The van der Waals surface area contributed by atoms with Gasteiger partial charge in [-0.3, -0.25) is 9.59 Å². The molecule has 120 valence electrons. The minimum Gasteiger partial charge on any atom is -0.395 e. The van der Waals surface area contributed by atoms with Gasteiger partial charge in [0.15, 0.2) is 0 Å². The number of aliphatic hydroxyl groups excluding tert-OH is 1. The van der Waals surface area contributed by atoms with Crippen LogP contribution in [0.2, 0.25) is 0 Å². The molecule has 0 aliphatic carbocycles. The summed E-state index contributed by atoms with van der Waals surface area (Å²) < 4.78 is 0. The van der Waals surface area contributed by atoms with Crippen molar-refractivity contribution in [2.24, 2.45) is 5.92 Å². The van der Waals surface area contributed by atoms with Crippen LogP contribution >= 0.6 is 0 Å². The van der Waals surface area contributed by atoms with Gasteiger partial charge in [0, 0.05) is 30.8 Å². The third-order valence-corrected chi connectivity index (χ3v) is 4.29. The maximum Gasteiger partial charge on any atom is 0.251 e. The SMILES string of the molecule is CCC1C(C)Cc2cc(C(=O)NCCO)ccc2N1C(C)=O. The number of fused-ring (bicyclic) bond motifs is 1. The number of benzene rings is 1. The summed E-state index contributed by atoms with van der Waals surface area (Å²) in [4.78, 5) is 25.9. The van der Waals surface area contributed by atoms with E-state index in [0.717, 1.165) is 24.1 Å². The third kappa shape index (κ3) is 3.14. The second-order valence-corrected chi connectivity index (χ2v) is 5.87. The molecule has 2 unspecified atom stereocenters. The number of hydrogen-bond donors (Lipinski definition) is 2. The minimum atomic E-state index is -0.198. The van der Waals surface area contributed by atoms with Crippen molar-refractivity contribution in [2.45, 2.75) is 39.7 Å². The molecule has 1 aliphatic heterocycles. The normalized spacial score (nSPS) is 20.5. The Balaban J connectivity index is 2.35. The van der Waals surface area contributed by atoms with E-state index in [1.54, 1.807) is 13.0 Å². The molecule has 2 rings (SSSR count). The first-order chi connectivity index (χ1) is 10.5. The van der Waals surface area contributed by atoms with Gasteiger partial charge in [0.05, 0.1) is 6.61 Å². The van der Waals surface area contributed by atoms with Crippen molar-refractivity contribution in [3.05, 3.63) is 29.3 Å². The Labute approximate surface area is 131 Å². The zero-order valence-electron chi connectivity index (χ0n) is 13.4. The summed E-state index contributed by atoms with van der Waals surface area (Å²) in [7, 11) is 0. The number of hydrogen-bond acceptors (Lipinski definition) is 3. The lowest BCUT2D eigenvalue weighted by atomic mass is 9.84. The first-order valence-corrected chi connectivity index (χ1v) is 7.81. The Morgan fingerprint density at radius 2 is 2.14 bits per heavy atom. The molecule has 22 heavy (non-hydrogen) atoms. The fourth-order valence-corrected chi connectivity index (χ4v) is 3.30. The Bertz CT molecular complexity index is 571. The van der Waals surface area contributed by atoms with E-state index >= 15 is 0 Å². The van der Waals surface area contributed by atoms with E-state index in [9.17, 15) is 9.59 Å². The Morgan fingerprint density at radius 1 is 1.41 bits per heavy atom. The van der Waals surface area contributed by atoms with Crippen LogP contribution in [0.15, 0.2) is 18.2 Å². The third-order valence-electron chi connectivity index (χ3n) is 4.29. The molecule has 0 saturated carbocycles. The molecule has 0 saturated heterocycles. The lowest BCUT2D eigenvalue weighted by Gasteiger charge is -2.40. The molecule has 5 heteroatoms. The standard InChI is InChI=1S/C17H24N2O3/c1-4-15-11(2)9-14-10-13(17(22)18-7-8-20)5-6-16(14)19(15)12(3)21/h5-6,10-11,15,20H,4,7-9H2,1-3H3,(H,18,22). The zero-order valence-corrected chi connectivity index (χ0v) is 13.4.